The van der Waals surface area contributed by atoms with E-state index in [4.69, 9.17) is 4.74 Å². The molecule has 98 valence electrons. The lowest BCUT2D eigenvalue weighted by molar-refractivity contribution is 0.0676. The van der Waals surface area contributed by atoms with E-state index in [0.29, 0.717) is 4.75 Å². The van der Waals surface area contributed by atoms with E-state index in [1.54, 1.807) is 0 Å². The van der Waals surface area contributed by atoms with E-state index in [0.717, 1.165) is 24.7 Å². The molecule has 1 heterocycles. The van der Waals surface area contributed by atoms with E-state index in [-0.39, 0.29) is 6.10 Å². The topological polar surface area (TPSA) is 27.1 Å². The van der Waals surface area contributed by atoms with Crippen LogP contribution >= 0.6 is 11.8 Å². The molecule has 0 aliphatic heterocycles. The first-order valence-electron chi connectivity index (χ1n) is 6.20. The molecule has 0 spiro atoms. The second-order valence-corrected chi connectivity index (χ2v) is 6.96. The van der Waals surface area contributed by atoms with Crippen LogP contribution in [-0.2, 0) is 11.3 Å². The molecule has 3 nitrogen and oxygen atoms in total. The van der Waals surface area contributed by atoms with E-state index in [1.165, 1.54) is 0 Å². The van der Waals surface area contributed by atoms with Gasteiger partial charge in [0.05, 0.1) is 0 Å². The van der Waals surface area contributed by atoms with Crippen molar-refractivity contribution >= 4 is 11.8 Å². The molecule has 0 unspecified atom stereocenters. The molecule has 0 radical (unpaired) electrons. The average Bonchev–Trinajstić information content (AvgIpc) is 2.64. The molecule has 1 atom stereocenters. The number of nitrogens with zero attached hydrogens (tertiary/aromatic N) is 2. The highest BCUT2D eigenvalue weighted by atomic mass is 32.2. The normalized spacial score (nSPS) is 13.9. The fraction of sp³-hybridized carbons (Fsp3) is 0.769. The van der Waals surface area contributed by atoms with Gasteiger partial charge in [-0.25, -0.2) is 4.98 Å². The van der Waals surface area contributed by atoms with Crippen molar-refractivity contribution in [2.75, 3.05) is 12.4 Å². The predicted octanol–water partition coefficient (Wildman–Crippen LogP) is 3.51. The van der Waals surface area contributed by atoms with Crippen LogP contribution in [0.2, 0.25) is 0 Å². The molecular weight excluding hydrogens is 232 g/mol. The minimum atomic E-state index is 0.0784. The van der Waals surface area contributed by atoms with Crippen molar-refractivity contribution in [1.82, 2.24) is 9.55 Å². The van der Waals surface area contributed by atoms with Gasteiger partial charge in [-0.2, -0.15) is 11.8 Å². The molecule has 0 bridgehead atoms. The lowest BCUT2D eigenvalue weighted by Gasteiger charge is -2.19. The molecule has 0 aromatic carbocycles. The zero-order chi connectivity index (χ0) is 12.9. The lowest BCUT2D eigenvalue weighted by atomic mass is 10.3. The number of aryl methyl sites for hydroxylation is 1. The maximum Gasteiger partial charge on any atom is 0.137 e. The number of aromatic nitrogens is 2. The van der Waals surface area contributed by atoms with E-state index >= 15 is 0 Å². The monoisotopic (exact) mass is 256 g/mol. The fourth-order valence-electron chi connectivity index (χ4n) is 1.64. The Morgan fingerprint density at radius 1 is 1.47 bits per heavy atom. The number of thioether (sulfide) groups is 1. The standard InChI is InChI=1S/C13H24N2OS/c1-6-16-11(2)12-14-7-8-15(12)9-10-17-13(3,4)5/h7-8,11H,6,9-10H2,1-5H3/t11-/m1/s1. The fourth-order valence-corrected chi connectivity index (χ4v) is 2.54. The summed E-state index contributed by atoms with van der Waals surface area (Å²) in [7, 11) is 0. The number of hydrogen-bond acceptors (Lipinski definition) is 3. The van der Waals surface area contributed by atoms with Gasteiger partial charge in [-0.1, -0.05) is 20.8 Å². The zero-order valence-electron chi connectivity index (χ0n) is 11.6. The quantitative estimate of drug-likeness (QED) is 0.779. The Bertz CT molecular complexity index is 330. The highest BCUT2D eigenvalue weighted by Gasteiger charge is 2.13. The first kappa shape index (κ1) is 14.6. The first-order valence-corrected chi connectivity index (χ1v) is 7.19. The number of imidazole rings is 1. The van der Waals surface area contributed by atoms with E-state index in [2.05, 4.69) is 37.2 Å². The zero-order valence-corrected chi connectivity index (χ0v) is 12.4. The van der Waals surface area contributed by atoms with Gasteiger partial charge >= 0.3 is 0 Å². The van der Waals surface area contributed by atoms with Crippen LogP contribution in [0.4, 0.5) is 0 Å². The molecule has 0 saturated carbocycles. The van der Waals surface area contributed by atoms with Crippen molar-refractivity contribution in [3.8, 4) is 0 Å². The minimum absolute atomic E-state index is 0.0784. The Kier molecular flexibility index (Phi) is 5.53. The summed E-state index contributed by atoms with van der Waals surface area (Å²) in [5, 5.41) is 0. The summed E-state index contributed by atoms with van der Waals surface area (Å²) >= 11 is 1.98. The maximum absolute atomic E-state index is 5.58. The number of rotatable bonds is 6. The number of ether oxygens (including phenoxy) is 1. The number of hydrogen-bond donors (Lipinski definition) is 0. The highest BCUT2D eigenvalue weighted by molar-refractivity contribution is 8.00. The average molecular weight is 256 g/mol. The summed E-state index contributed by atoms with van der Waals surface area (Å²) in [5.74, 6) is 2.13. The van der Waals surface area contributed by atoms with Gasteiger partial charge in [-0.05, 0) is 13.8 Å². The third-order valence-electron chi connectivity index (χ3n) is 2.40. The molecule has 17 heavy (non-hydrogen) atoms. The van der Waals surface area contributed by atoms with Crippen LogP contribution in [0.1, 0.15) is 46.5 Å². The van der Waals surface area contributed by atoms with Crippen LogP contribution < -0.4 is 0 Å². The Labute approximate surface area is 109 Å². The molecule has 4 heteroatoms. The molecule has 1 aromatic heterocycles. The molecule has 0 N–H and O–H groups in total. The smallest absolute Gasteiger partial charge is 0.137 e. The maximum atomic E-state index is 5.58. The molecule has 0 saturated heterocycles. The Morgan fingerprint density at radius 2 is 2.18 bits per heavy atom. The summed E-state index contributed by atoms with van der Waals surface area (Å²) in [6.07, 6.45) is 3.97. The third-order valence-corrected chi connectivity index (χ3v) is 3.65. The van der Waals surface area contributed by atoms with Crippen molar-refractivity contribution in [1.29, 1.82) is 0 Å². The molecule has 0 fully saturated rings. The second-order valence-electron chi connectivity index (χ2n) is 5.04. The Morgan fingerprint density at radius 3 is 2.76 bits per heavy atom. The van der Waals surface area contributed by atoms with Gasteiger partial charge in [0.25, 0.3) is 0 Å². The molecular formula is C13H24N2OS. The van der Waals surface area contributed by atoms with Crippen molar-refractivity contribution in [3.63, 3.8) is 0 Å². The van der Waals surface area contributed by atoms with Gasteiger partial charge in [-0.3, -0.25) is 0 Å². The third kappa shape index (κ3) is 5.13. The van der Waals surface area contributed by atoms with Crippen molar-refractivity contribution < 1.29 is 4.74 Å². The van der Waals surface area contributed by atoms with Crippen molar-refractivity contribution in [2.24, 2.45) is 0 Å². The van der Waals surface area contributed by atoms with E-state index < -0.39 is 0 Å². The molecule has 0 amide bonds. The predicted molar refractivity (Wildman–Crippen MR) is 74.5 cm³/mol. The largest absolute Gasteiger partial charge is 0.371 e. The van der Waals surface area contributed by atoms with Gasteiger partial charge in [0.2, 0.25) is 0 Å². The Hall–Kier alpha value is -0.480. The summed E-state index contributed by atoms with van der Waals surface area (Å²) in [6.45, 7) is 12.5. The highest BCUT2D eigenvalue weighted by Crippen LogP contribution is 2.23. The van der Waals surface area contributed by atoms with Gasteiger partial charge in [0.15, 0.2) is 0 Å². The van der Waals surface area contributed by atoms with Crippen LogP contribution in [0.15, 0.2) is 12.4 Å². The minimum Gasteiger partial charge on any atom is -0.371 e. The van der Waals surface area contributed by atoms with Crippen molar-refractivity contribution in [2.45, 2.75) is 52.0 Å². The molecule has 1 aromatic rings. The van der Waals surface area contributed by atoms with E-state index in [9.17, 15) is 0 Å². The van der Waals surface area contributed by atoms with Crippen LogP contribution in [0.3, 0.4) is 0 Å². The SMILES string of the molecule is CCO[C@H](C)c1nccn1CCSC(C)(C)C. The van der Waals surface area contributed by atoms with E-state index in [1.807, 2.05) is 31.1 Å². The van der Waals surface area contributed by atoms with Gasteiger partial charge in [0, 0.05) is 36.0 Å². The van der Waals surface area contributed by atoms with Crippen molar-refractivity contribution in [3.05, 3.63) is 18.2 Å². The second kappa shape index (κ2) is 6.45. The summed E-state index contributed by atoms with van der Waals surface area (Å²) in [4.78, 5) is 4.38. The first-order chi connectivity index (χ1) is 7.94. The molecule has 0 aliphatic rings. The summed E-state index contributed by atoms with van der Waals surface area (Å²) in [5.41, 5.74) is 0. The Balaban J connectivity index is 2.51. The van der Waals surface area contributed by atoms with Gasteiger partial charge in [-0.15, -0.1) is 0 Å². The van der Waals surface area contributed by atoms with Crippen LogP contribution in [0.25, 0.3) is 0 Å². The summed E-state index contributed by atoms with van der Waals surface area (Å²) < 4.78 is 8.10. The molecule has 0 aliphatic carbocycles. The summed E-state index contributed by atoms with van der Waals surface area (Å²) in [6, 6.07) is 0. The van der Waals surface area contributed by atoms with Crippen LogP contribution in [0.5, 0.6) is 0 Å². The molecule has 1 rings (SSSR count). The van der Waals surface area contributed by atoms with Gasteiger partial charge < -0.3 is 9.30 Å². The van der Waals surface area contributed by atoms with Crippen LogP contribution in [0, 0.1) is 0 Å². The van der Waals surface area contributed by atoms with Crippen LogP contribution in [-0.4, -0.2) is 26.7 Å². The lowest BCUT2D eigenvalue weighted by Crippen LogP contribution is -2.14. The van der Waals surface area contributed by atoms with Gasteiger partial charge in [0.1, 0.15) is 11.9 Å².